The van der Waals surface area contributed by atoms with Crippen LogP contribution in [0.1, 0.15) is 5.56 Å². The van der Waals surface area contributed by atoms with Gasteiger partial charge < -0.3 is 0 Å². The molecule has 2 aromatic carbocycles. The molecule has 4 nitrogen and oxygen atoms in total. The molecule has 0 fully saturated rings. The zero-order valence-corrected chi connectivity index (χ0v) is 18.1. The van der Waals surface area contributed by atoms with Crippen molar-refractivity contribution in [3.05, 3.63) is 79.0 Å². The average Bonchev–Trinajstić information content (AvgIpc) is 3.03. The molecule has 0 saturated carbocycles. The van der Waals surface area contributed by atoms with E-state index >= 15 is 0 Å². The van der Waals surface area contributed by atoms with Gasteiger partial charge in [0.05, 0.1) is 0 Å². The number of thiazole rings is 1. The lowest BCUT2D eigenvalue weighted by atomic mass is 10.2. The number of hydrogen-bond acceptors (Lipinski definition) is 5. The number of thioether (sulfide) groups is 1. The molecule has 2 heterocycles. The van der Waals surface area contributed by atoms with Crippen molar-refractivity contribution in [3.8, 4) is 5.69 Å². The molecule has 4 aromatic rings. The molecule has 0 radical (unpaired) electrons. The molecule has 0 aliphatic heterocycles. The van der Waals surface area contributed by atoms with E-state index in [0.717, 1.165) is 17.8 Å². The maximum atomic E-state index is 13.5. The lowest BCUT2D eigenvalue weighted by Gasteiger charge is -2.09. The highest BCUT2D eigenvalue weighted by Gasteiger charge is 2.16. The van der Waals surface area contributed by atoms with Crippen molar-refractivity contribution < 1.29 is 8.78 Å². The Bertz CT molecular complexity index is 1350. The SMILES string of the molecule is Cn1c(SCc2ccc(F)c(F)c2)nc2c(sc(=S)n2-c2ccc(Cl)cc2)c1=O. The predicted molar refractivity (Wildman–Crippen MR) is 116 cm³/mol. The summed E-state index contributed by atoms with van der Waals surface area (Å²) in [4.78, 5) is 17.5. The molecule has 0 saturated heterocycles. The summed E-state index contributed by atoms with van der Waals surface area (Å²) in [6, 6.07) is 10.8. The molecule has 4 rings (SSSR count). The van der Waals surface area contributed by atoms with Crippen LogP contribution < -0.4 is 5.56 Å². The molecule has 0 aliphatic rings. The minimum Gasteiger partial charge on any atom is -0.289 e. The van der Waals surface area contributed by atoms with Crippen LogP contribution in [0.3, 0.4) is 0 Å². The Morgan fingerprint density at radius 3 is 2.59 bits per heavy atom. The van der Waals surface area contributed by atoms with Crippen LogP contribution in [-0.4, -0.2) is 14.1 Å². The molecule has 0 amide bonds. The van der Waals surface area contributed by atoms with Crippen molar-refractivity contribution in [1.82, 2.24) is 14.1 Å². The molecule has 0 aliphatic carbocycles. The van der Waals surface area contributed by atoms with E-state index in [1.165, 1.54) is 33.7 Å². The second kappa shape index (κ2) is 7.98. The van der Waals surface area contributed by atoms with Crippen LogP contribution >= 0.6 is 46.9 Å². The lowest BCUT2D eigenvalue weighted by Crippen LogP contribution is -2.19. The van der Waals surface area contributed by atoms with E-state index in [1.807, 2.05) is 0 Å². The number of fused-ring (bicyclic) bond motifs is 1. The second-order valence-corrected chi connectivity index (χ2v) is 9.15. The third-order valence-corrected chi connectivity index (χ3v) is 6.92. The Kier molecular flexibility index (Phi) is 5.56. The first-order chi connectivity index (χ1) is 13.8. The van der Waals surface area contributed by atoms with E-state index in [2.05, 4.69) is 4.98 Å². The molecule has 29 heavy (non-hydrogen) atoms. The van der Waals surface area contributed by atoms with Gasteiger partial charge in [-0.25, -0.2) is 13.8 Å². The van der Waals surface area contributed by atoms with Gasteiger partial charge in [0.2, 0.25) is 0 Å². The topological polar surface area (TPSA) is 39.8 Å². The van der Waals surface area contributed by atoms with E-state index in [4.69, 9.17) is 23.8 Å². The number of aromatic nitrogens is 3. The first-order valence-corrected chi connectivity index (χ1v) is 10.9. The molecule has 0 bridgehead atoms. The van der Waals surface area contributed by atoms with Crippen LogP contribution in [0.25, 0.3) is 16.0 Å². The zero-order chi connectivity index (χ0) is 20.7. The first-order valence-electron chi connectivity index (χ1n) is 8.30. The fraction of sp³-hybridized carbons (Fsp3) is 0.105. The van der Waals surface area contributed by atoms with Gasteiger partial charge in [-0.3, -0.25) is 13.9 Å². The number of nitrogens with zero attached hydrogens (tertiary/aromatic N) is 3. The van der Waals surface area contributed by atoms with Crippen LogP contribution in [-0.2, 0) is 12.8 Å². The summed E-state index contributed by atoms with van der Waals surface area (Å²) in [6.45, 7) is 0. The van der Waals surface area contributed by atoms with E-state index in [9.17, 15) is 13.6 Å². The fourth-order valence-corrected chi connectivity index (χ4v) is 5.12. The highest BCUT2D eigenvalue weighted by molar-refractivity contribution is 7.98. The summed E-state index contributed by atoms with van der Waals surface area (Å²) in [6.07, 6.45) is 0. The smallest absolute Gasteiger partial charge is 0.273 e. The van der Waals surface area contributed by atoms with Gasteiger partial charge in [0.15, 0.2) is 26.4 Å². The summed E-state index contributed by atoms with van der Waals surface area (Å²) < 4.78 is 30.7. The monoisotopic (exact) mass is 467 g/mol. The predicted octanol–water partition coefficient (Wildman–Crippen LogP) is 5.74. The third-order valence-electron chi connectivity index (χ3n) is 4.21. The average molecular weight is 468 g/mol. The standard InChI is InChI=1S/C19H12ClF2N3OS3/c1-24-17(26)15-16(25(19(27)29-15)12-5-3-11(20)4-6-12)23-18(24)28-9-10-2-7-13(21)14(22)8-10/h2-8H,9H2,1H3. The summed E-state index contributed by atoms with van der Waals surface area (Å²) in [5.74, 6) is -1.48. The van der Waals surface area contributed by atoms with E-state index in [0.29, 0.717) is 35.8 Å². The Balaban J connectivity index is 1.78. The molecule has 2 aromatic heterocycles. The highest BCUT2D eigenvalue weighted by Crippen LogP contribution is 2.27. The summed E-state index contributed by atoms with van der Waals surface area (Å²) >= 11 is 13.9. The molecule has 0 atom stereocenters. The molecule has 0 spiro atoms. The maximum absolute atomic E-state index is 13.5. The third kappa shape index (κ3) is 3.87. The van der Waals surface area contributed by atoms with Gasteiger partial charge >= 0.3 is 0 Å². The zero-order valence-electron chi connectivity index (χ0n) is 14.9. The quantitative estimate of drug-likeness (QED) is 0.218. The summed E-state index contributed by atoms with van der Waals surface area (Å²) in [7, 11) is 1.62. The largest absolute Gasteiger partial charge is 0.289 e. The minimum absolute atomic E-state index is 0.216. The number of benzene rings is 2. The molecule has 0 unspecified atom stereocenters. The molecule has 0 N–H and O–H groups in total. The Morgan fingerprint density at radius 2 is 1.90 bits per heavy atom. The van der Waals surface area contributed by atoms with Crippen LogP contribution in [0.5, 0.6) is 0 Å². The van der Waals surface area contributed by atoms with Crippen LogP contribution in [0.15, 0.2) is 52.4 Å². The van der Waals surface area contributed by atoms with E-state index < -0.39 is 11.6 Å². The van der Waals surface area contributed by atoms with Gasteiger partial charge in [-0.1, -0.05) is 40.8 Å². The summed E-state index contributed by atoms with van der Waals surface area (Å²) in [5, 5.41) is 1.04. The Hall–Kier alpha value is -2.07. The van der Waals surface area contributed by atoms with E-state index in [1.54, 1.807) is 35.9 Å². The van der Waals surface area contributed by atoms with Crippen LogP contribution in [0.2, 0.25) is 5.02 Å². The van der Waals surface area contributed by atoms with Crippen LogP contribution in [0.4, 0.5) is 8.78 Å². The van der Waals surface area contributed by atoms with Crippen molar-refractivity contribution in [2.75, 3.05) is 0 Å². The second-order valence-electron chi connectivity index (χ2n) is 6.13. The number of hydrogen-bond donors (Lipinski definition) is 0. The Morgan fingerprint density at radius 1 is 1.17 bits per heavy atom. The van der Waals surface area contributed by atoms with Gasteiger partial charge in [0.1, 0.15) is 4.70 Å². The molecular weight excluding hydrogens is 456 g/mol. The van der Waals surface area contributed by atoms with Gasteiger partial charge in [-0.2, -0.15) is 0 Å². The summed E-state index contributed by atoms with van der Waals surface area (Å²) in [5.41, 5.74) is 1.58. The normalized spacial score (nSPS) is 11.3. The Labute approximate surface area is 182 Å². The van der Waals surface area contributed by atoms with Gasteiger partial charge in [0, 0.05) is 23.5 Å². The van der Waals surface area contributed by atoms with Crippen molar-refractivity contribution in [1.29, 1.82) is 0 Å². The lowest BCUT2D eigenvalue weighted by molar-refractivity contribution is 0.507. The van der Waals surface area contributed by atoms with Gasteiger partial charge in [-0.05, 0) is 54.2 Å². The van der Waals surface area contributed by atoms with Crippen molar-refractivity contribution in [2.45, 2.75) is 10.9 Å². The number of rotatable bonds is 4. The first kappa shape index (κ1) is 20.2. The van der Waals surface area contributed by atoms with Crippen LogP contribution in [0, 0.1) is 15.6 Å². The van der Waals surface area contributed by atoms with Gasteiger partial charge in [-0.15, -0.1) is 0 Å². The fourth-order valence-electron chi connectivity index (χ4n) is 2.74. The number of halogens is 3. The van der Waals surface area contributed by atoms with Crippen molar-refractivity contribution in [3.63, 3.8) is 0 Å². The minimum atomic E-state index is -0.908. The van der Waals surface area contributed by atoms with Gasteiger partial charge in [0.25, 0.3) is 5.56 Å². The van der Waals surface area contributed by atoms with Crippen molar-refractivity contribution >= 4 is 57.3 Å². The molecular formula is C19H12ClF2N3OS3. The maximum Gasteiger partial charge on any atom is 0.273 e. The molecule has 148 valence electrons. The van der Waals surface area contributed by atoms with Crippen molar-refractivity contribution in [2.24, 2.45) is 7.05 Å². The van der Waals surface area contributed by atoms with E-state index in [-0.39, 0.29) is 5.56 Å². The molecule has 10 heteroatoms. The highest BCUT2D eigenvalue weighted by atomic mass is 35.5.